The van der Waals surface area contributed by atoms with Crippen LogP contribution in [0.5, 0.6) is 5.75 Å². The number of ether oxygens (including phenoxy) is 1. The monoisotopic (exact) mass is 438 g/mol. The Bertz CT molecular complexity index is 851. The summed E-state index contributed by atoms with van der Waals surface area (Å²) in [5, 5.41) is 9.51. The molecule has 0 bridgehead atoms. The molecule has 1 amide bonds. The highest BCUT2D eigenvalue weighted by Gasteiger charge is 2.23. The van der Waals surface area contributed by atoms with Gasteiger partial charge in [0.2, 0.25) is 0 Å². The Morgan fingerprint density at radius 3 is 2.53 bits per heavy atom. The van der Waals surface area contributed by atoms with Gasteiger partial charge in [-0.05, 0) is 62.7 Å². The molecule has 1 unspecified atom stereocenters. The molecule has 3 rings (SSSR count). The summed E-state index contributed by atoms with van der Waals surface area (Å²) in [5.41, 5.74) is 1.80. The van der Waals surface area contributed by atoms with Crippen molar-refractivity contribution in [2.45, 2.75) is 25.8 Å². The molecule has 1 aromatic heterocycles. The largest absolute Gasteiger partial charge is 0.497 e. The molecule has 1 atom stereocenters. The van der Waals surface area contributed by atoms with E-state index in [-0.39, 0.29) is 11.9 Å². The molecule has 3 N–H and O–H groups in total. The quantitative estimate of drug-likeness (QED) is 0.299. The molecule has 8 heteroatoms. The van der Waals surface area contributed by atoms with Crippen molar-refractivity contribution in [3.05, 3.63) is 59.9 Å². The van der Waals surface area contributed by atoms with Crippen LogP contribution in [0.1, 0.15) is 41.7 Å². The molecule has 0 spiro atoms. The zero-order valence-corrected chi connectivity index (χ0v) is 19.0. The molecule has 1 aliphatic heterocycles. The van der Waals surface area contributed by atoms with Crippen molar-refractivity contribution in [2.24, 2.45) is 4.99 Å². The summed E-state index contributed by atoms with van der Waals surface area (Å²) in [7, 11) is 1.69. The number of methoxy groups -OCH3 is 1. The Kier molecular flexibility index (Phi) is 9.31. The number of aromatic nitrogens is 1. The molecule has 0 aliphatic carbocycles. The number of guanidine groups is 1. The van der Waals surface area contributed by atoms with Gasteiger partial charge in [-0.1, -0.05) is 12.1 Å². The highest BCUT2D eigenvalue weighted by molar-refractivity contribution is 5.93. The van der Waals surface area contributed by atoms with Gasteiger partial charge < -0.3 is 20.7 Å². The second-order valence-corrected chi connectivity index (χ2v) is 7.68. The molecule has 2 heterocycles. The number of nitrogens with one attached hydrogen (secondary N) is 3. The van der Waals surface area contributed by atoms with E-state index in [2.05, 4.69) is 38.0 Å². The average Bonchev–Trinajstić information content (AvgIpc) is 3.37. The van der Waals surface area contributed by atoms with Crippen LogP contribution >= 0.6 is 0 Å². The third kappa shape index (κ3) is 6.95. The van der Waals surface area contributed by atoms with Crippen molar-refractivity contribution in [3.8, 4) is 5.75 Å². The van der Waals surface area contributed by atoms with Gasteiger partial charge in [0.1, 0.15) is 5.75 Å². The van der Waals surface area contributed by atoms with Gasteiger partial charge in [0.05, 0.1) is 25.3 Å². The summed E-state index contributed by atoms with van der Waals surface area (Å²) < 4.78 is 5.31. The SMILES string of the molecule is CCNC(=NCC(c1ccc(OC)cc1)N1CCCC1)NCCNC(=O)c1cccnc1. The molecule has 1 saturated heterocycles. The number of carbonyl (C=O) groups excluding carboxylic acids is 1. The van der Waals surface area contributed by atoms with E-state index in [1.54, 1.807) is 31.6 Å². The first-order valence-electron chi connectivity index (χ1n) is 11.3. The number of benzene rings is 1. The van der Waals surface area contributed by atoms with Crippen LogP contribution in [0.15, 0.2) is 53.8 Å². The predicted octanol–water partition coefficient (Wildman–Crippen LogP) is 2.21. The van der Waals surface area contributed by atoms with Crippen molar-refractivity contribution in [3.63, 3.8) is 0 Å². The van der Waals surface area contributed by atoms with E-state index in [0.29, 0.717) is 25.2 Å². The highest BCUT2D eigenvalue weighted by atomic mass is 16.5. The van der Waals surface area contributed by atoms with Crippen LogP contribution in [-0.4, -0.2) is 68.1 Å². The third-order valence-corrected chi connectivity index (χ3v) is 5.48. The maximum absolute atomic E-state index is 12.1. The van der Waals surface area contributed by atoms with E-state index in [9.17, 15) is 4.79 Å². The van der Waals surface area contributed by atoms with Crippen molar-refractivity contribution < 1.29 is 9.53 Å². The van der Waals surface area contributed by atoms with Gasteiger partial charge in [-0.15, -0.1) is 0 Å². The van der Waals surface area contributed by atoms with E-state index >= 15 is 0 Å². The van der Waals surface area contributed by atoms with Crippen LogP contribution in [0.25, 0.3) is 0 Å². The van der Waals surface area contributed by atoms with E-state index in [1.807, 2.05) is 19.1 Å². The lowest BCUT2D eigenvalue weighted by molar-refractivity contribution is 0.0954. The normalized spacial score (nSPS) is 15.2. The fraction of sp³-hybridized carbons (Fsp3) is 0.458. The third-order valence-electron chi connectivity index (χ3n) is 5.48. The molecular weight excluding hydrogens is 404 g/mol. The van der Waals surface area contributed by atoms with E-state index in [4.69, 9.17) is 9.73 Å². The second-order valence-electron chi connectivity index (χ2n) is 7.68. The lowest BCUT2D eigenvalue weighted by atomic mass is 10.1. The maximum atomic E-state index is 12.1. The molecular formula is C24H34N6O2. The van der Waals surface area contributed by atoms with Gasteiger partial charge in [-0.25, -0.2) is 0 Å². The number of nitrogens with zero attached hydrogens (tertiary/aromatic N) is 3. The van der Waals surface area contributed by atoms with Crippen LogP contribution in [0.4, 0.5) is 0 Å². The van der Waals surface area contributed by atoms with Gasteiger partial charge in [0.15, 0.2) is 5.96 Å². The Labute approximate surface area is 190 Å². The number of amides is 1. The zero-order valence-electron chi connectivity index (χ0n) is 19.0. The maximum Gasteiger partial charge on any atom is 0.252 e. The van der Waals surface area contributed by atoms with Crippen LogP contribution in [-0.2, 0) is 0 Å². The fourth-order valence-electron chi connectivity index (χ4n) is 3.79. The minimum absolute atomic E-state index is 0.129. The Morgan fingerprint density at radius 2 is 1.88 bits per heavy atom. The van der Waals surface area contributed by atoms with Gasteiger partial charge in [0.25, 0.3) is 5.91 Å². The number of pyridine rings is 1. The molecule has 0 saturated carbocycles. The number of likely N-dealkylation sites (tertiary alicyclic amines) is 1. The first-order chi connectivity index (χ1) is 15.7. The van der Waals surface area contributed by atoms with E-state index in [1.165, 1.54) is 18.4 Å². The Hall–Kier alpha value is -3.13. The van der Waals surface area contributed by atoms with Gasteiger partial charge in [0, 0.05) is 32.0 Å². The zero-order chi connectivity index (χ0) is 22.6. The summed E-state index contributed by atoms with van der Waals surface area (Å²) in [6, 6.07) is 12.0. The smallest absolute Gasteiger partial charge is 0.252 e. The molecule has 2 aromatic rings. The molecule has 0 radical (unpaired) electrons. The van der Waals surface area contributed by atoms with E-state index < -0.39 is 0 Å². The van der Waals surface area contributed by atoms with Crippen LogP contribution < -0.4 is 20.7 Å². The van der Waals surface area contributed by atoms with Crippen molar-refractivity contribution in [1.82, 2.24) is 25.8 Å². The van der Waals surface area contributed by atoms with Crippen LogP contribution in [0, 0.1) is 0 Å². The lowest BCUT2D eigenvalue weighted by Crippen LogP contribution is -2.42. The summed E-state index contributed by atoms with van der Waals surface area (Å²) >= 11 is 0. The number of hydrogen-bond donors (Lipinski definition) is 3. The Morgan fingerprint density at radius 1 is 1.12 bits per heavy atom. The van der Waals surface area contributed by atoms with Gasteiger partial charge >= 0.3 is 0 Å². The summed E-state index contributed by atoms with van der Waals surface area (Å²) in [5.74, 6) is 1.48. The number of carbonyl (C=O) groups is 1. The van der Waals surface area contributed by atoms with Crippen LogP contribution in [0.2, 0.25) is 0 Å². The molecule has 32 heavy (non-hydrogen) atoms. The molecule has 1 aliphatic rings. The first kappa shape index (κ1) is 23.5. The Balaban J connectivity index is 1.57. The standard InChI is InChI=1S/C24H34N6O2/c1-3-26-24(28-14-13-27-23(31)20-7-6-12-25-17-20)29-18-22(30-15-4-5-16-30)19-8-10-21(32-2)11-9-19/h6-12,17,22H,3-5,13-16,18H2,1-2H3,(H,27,31)(H2,26,28,29). The van der Waals surface area contributed by atoms with Gasteiger partial charge in [-0.3, -0.25) is 19.7 Å². The molecule has 1 aromatic carbocycles. The summed E-state index contributed by atoms with van der Waals surface area (Å²) in [6.07, 6.45) is 5.67. The highest BCUT2D eigenvalue weighted by Crippen LogP contribution is 2.27. The topological polar surface area (TPSA) is 90.9 Å². The summed E-state index contributed by atoms with van der Waals surface area (Å²) in [4.78, 5) is 23.5. The molecule has 172 valence electrons. The summed E-state index contributed by atoms with van der Waals surface area (Å²) in [6.45, 7) is 6.73. The van der Waals surface area contributed by atoms with Crippen molar-refractivity contribution in [2.75, 3.05) is 46.4 Å². The van der Waals surface area contributed by atoms with Gasteiger partial charge in [-0.2, -0.15) is 0 Å². The predicted molar refractivity (Wildman–Crippen MR) is 127 cm³/mol. The molecule has 1 fully saturated rings. The van der Waals surface area contributed by atoms with Crippen LogP contribution in [0.3, 0.4) is 0 Å². The number of aliphatic imine (C=N–C) groups is 1. The number of hydrogen-bond acceptors (Lipinski definition) is 5. The molecule has 8 nitrogen and oxygen atoms in total. The second kappa shape index (κ2) is 12.7. The van der Waals surface area contributed by atoms with E-state index in [0.717, 1.165) is 31.3 Å². The fourth-order valence-corrected chi connectivity index (χ4v) is 3.79. The van der Waals surface area contributed by atoms with Crippen molar-refractivity contribution in [1.29, 1.82) is 0 Å². The minimum atomic E-state index is -0.129. The minimum Gasteiger partial charge on any atom is -0.497 e. The average molecular weight is 439 g/mol. The number of rotatable bonds is 10. The van der Waals surface area contributed by atoms with Crippen molar-refractivity contribution >= 4 is 11.9 Å². The lowest BCUT2D eigenvalue weighted by Gasteiger charge is -2.27. The first-order valence-corrected chi connectivity index (χ1v) is 11.3.